The second-order valence-electron chi connectivity index (χ2n) is 4.68. The van der Waals surface area contributed by atoms with Gasteiger partial charge < -0.3 is 15.5 Å². The molecule has 4 nitrogen and oxygen atoms in total. The number of carbonyl (C=O) groups excluding carboxylic acids is 1. The molecule has 1 heterocycles. The van der Waals surface area contributed by atoms with Crippen LogP contribution >= 0.6 is 11.6 Å². The average molecular weight is 268 g/mol. The predicted molar refractivity (Wildman–Crippen MR) is 73.9 cm³/mol. The summed E-state index contributed by atoms with van der Waals surface area (Å²) in [4.78, 5) is 16.5. The van der Waals surface area contributed by atoms with Crippen molar-refractivity contribution in [1.29, 1.82) is 0 Å². The van der Waals surface area contributed by atoms with E-state index in [0.717, 1.165) is 32.6 Å². The summed E-state index contributed by atoms with van der Waals surface area (Å²) in [6, 6.07) is 5.03. The summed E-state index contributed by atoms with van der Waals surface area (Å²) in [5.41, 5.74) is 6.84. The zero-order chi connectivity index (χ0) is 13.1. The van der Waals surface area contributed by atoms with Crippen LogP contribution in [0.15, 0.2) is 18.2 Å². The molecule has 1 aliphatic rings. The number of likely N-dealkylation sites (N-methyl/N-ethyl adjacent to an activating group) is 1. The third kappa shape index (κ3) is 2.94. The highest BCUT2D eigenvalue weighted by atomic mass is 35.5. The molecule has 0 radical (unpaired) electrons. The normalized spacial score (nSPS) is 17.6. The predicted octanol–water partition coefficient (Wildman–Crippen LogP) is 1.70. The van der Waals surface area contributed by atoms with Crippen molar-refractivity contribution in [3.05, 3.63) is 28.8 Å². The van der Waals surface area contributed by atoms with E-state index >= 15 is 0 Å². The van der Waals surface area contributed by atoms with Crippen molar-refractivity contribution in [2.45, 2.75) is 6.42 Å². The zero-order valence-corrected chi connectivity index (χ0v) is 11.3. The third-order valence-electron chi connectivity index (χ3n) is 3.25. The SMILES string of the molecule is CN1CCCN(C(=O)c2cc(Cl)ccc2N)CC1. The van der Waals surface area contributed by atoms with Gasteiger partial charge in [-0.15, -0.1) is 0 Å². The van der Waals surface area contributed by atoms with Gasteiger partial charge in [0.25, 0.3) is 5.91 Å². The average Bonchev–Trinajstić information content (AvgIpc) is 2.56. The fraction of sp³-hybridized carbons (Fsp3) is 0.462. The first-order valence-corrected chi connectivity index (χ1v) is 6.48. The van der Waals surface area contributed by atoms with Crippen molar-refractivity contribution in [2.24, 2.45) is 0 Å². The fourth-order valence-electron chi connectivity index (χ4n) is 2.13. The highest BCUT2D eigenvalue weighted by Gasteiger charge is 2.20. The number of halogens is 1. The molecule has 1 amide bonds. The maximum absolute atomic E-state index is 12.4. The zero-order valence-electron chi connectivity index (χ0n) is 10.5. The van der Waals surface area contributed by atoms with E-state index in [1.807, 2.05) is 4.90 Å². The molecule has 0 atom stereocenters. The van der Waals surface area contributed by atoms with Crippen LogP contribution in [-0.2, 0) is 0 Å². The van der Waals surface area contributed by atoms with Gasteiger partial charge in [-0.3, -0.25) is 4.79 Å². The molecule has 5 heteroatoms. The smallest absolute Gasteiger partial charge is 0.256 e. The Balaban J connectivity index is 2.17. The molecule has 1 aliphatic heterocycles. The van der Waals surface area contributed by atoms with Crippen molar-refractivity contribution in [3.8, 4) is 0 Å². The molecule has 2 N–H and O–H groups in total. The Labute approximate surface area is 112 Å². The van der Waals surface area contributed by atoms with Gasteiger partial charge in [0.1, 0.15) is 0 Å². The molecule has 0 bridgehead atoms. The molecule has 1 fully saturated rings. The van der Waals surface area contributed by atoms with Crippen LogP contribution in [0.1, 0.15) is 16.8 Å². The minimum Gasteiger partial charge on any atom is -0.398 e. The Morgan fingerprint density at radius 3 is 2.83 bits per heavy atom. The molecule has 98 valence electrons. The maximum Gasteiger partial charge on any atom is 0.256 e. The van der Waals surface area contributed by atoms with Crippen LogP contribution in [0.3, 0.4) is 0 Å². The summed E-state index contributed by atoms with van der Waals surface area (Å²) in [5, 5.41) is 0.541. The fourth-order valence-corrected chi connectivity index (χ4v) is 2.31. The number of hydrogen-bond donors (Lipinski definition) is 1. The number of anilines is 1. The number of nitrogens with two attached hydrogens (primary N) is 1. The summed E-state index contributed by atoms with van der Waals surface area (Å²) in [6.07, 6.45) is 0.989. The molecule has 0 spiro atoms. The van der Waals surface area contributed by atoms with Crippen LogP contribution in [0.5, 0.6) is 0 Å². The van der Waals surface area contributed by atoms with Gasteiger partial charge >= 0.3 is 0 Å². The summed E-state index contributed by atoms with van der Waals surface area (Å²) >= 11 is 5.92. The Morgan fingerprint density at radius 1 is 1.28 bits per heavy atom. The first-order valence-electron chi connectivity index (χ1n) is 6.11. The number of amides is 1. The van der Waals surface area contributed by atoms with Crippen molar-refractivity contribution < 1.29 is 4.79 Å². The monoisotopic (exact) mass is 267 g/mol. The van der Waals surface area contributed by atoms with Crippen LogP contribution in [0, 0.1) is 0 Å². The molecule has 1 saturated heterocycles. The van der Waals surface area contributed by atoms with Crippen LogP contribution in [0.25, 0.3) is 0 Å². The molecule has 2 rings (SSSR count). The van der Waals surface area contributed by atoms with Crippen molar-refractivity contribution in [3.63, 3.8) is 0 Å². The second kappa shape index (κ2) is 5.59. The quantitative estimate of drug-likeness (QED) is 0.788. The van der Waals surface area contributed by atoms with E-state index in [4.69, 9.17) is 17.3 Å². The van der Waals surface area contributed by atoms with Gasteiger partial charge in [-0.25, -0.2) is 0 Å². The van der Waals surface area contributed by atoms with Gasteiger partial charge in [0.2, 0.25) is 0 Å². The molecule has 0 saturated carbocycles. The van der Waals surface area contributed by atoms with E-state index < -0.39 is 0 Å². The topological polar surface area (TPSA) is 49.6 Å². The highest BCUT2D eigenvalue weighted by molar-refractivity contribution is 6.31. The summed E-state index contributed by atoms with van der Waals surface area (Å²) in [5.74, 6) is -0.0229. The molecule has 0 aromatic heterocycles. The third-order valence-corrected chi connectivity index (χ3v) is 3.49. The maximum atomic E-state index is 12.4. The van der Waals surface area contributed by atoms with Gasteiger partial charge in [-0.1, -0.05) is 11.6 Å². The van der Waals surface area contributed by atoms with E-state index in [-0.39, 0.29) is 5.91 Å². The Kier molecular flexibility index (Phi) is 4.09. The minimum absolute atomic E-state index is 0.0229. The molecular weight excluding hydrogens is 250 g/mol. The van der Waals surface area contributed by atoms with E-state index in [1.165, 1.54) is 0 Å². The lowest BCUT2D eigenvalue weighted by Crippen LogP contribution is -2.34. The lowest BCUT2D eigenvalue weighted by molar-refractivity contribution is 0.0764. The first-order chi connectivity index (χ1) is 8.58. The molecule has 18 heavy (non-hydrogen) atoms. The van der Waals surface area contributed by atoms with Gasteiger partial charge in [0, 0.05) is 30.3 Å². The molecule has 0 unspecified atom stereocenters. The minimum atomic E-state index is -0.0229. The van der Waals surface area contributed by atoms with Crippen LogP contribution in [0.4, 0.5) is 5.69 Å². The molecule has 1 aromatic rings. The van der Waals surface area contributed by atoms with Crippen LogP contribution in [-0.4, -0.2) is 48.9 Å². The van der Waals surface area contributed by atoms with E-state index in [0.29, 0.717) is 16.3 Å². The van der Waals surface area contributed by atoms with E-state index in [2.05, 4.69) is 11.9 Å². The Hall–Kier alpha value is -1.26. The number of rotatable bonds is 1. The number of nitrogen functional groups attached to an aromatic ring is 1. The highest BCUT2D eigenvalue weighted by Crippen LogP contribution is 2.20. The van der Waals surface area contributed by atoms with E-state index in [1.54, 1.807) is 18.2 Å². The number of nitrogens with zero attached hydrogens (tertiary/aromatic N) is 2. The van der Waals surface area contributed by atoms with Gasteiger partial charge in [-0.05, 0) is 38.2 Å². The van der Waals surface area contributed by atoms with Crippen LogP contribution < -0.4 is 5.73 Å². The Morgan fingerprint density at radius 2 is 2.06 bits per heavy atom. The number of carbonyl (C=O) groups is 1. The molecular formula is C13H18ClN3O. The second-order valence-corrected chi connectivity index (χ2v) is 5.12. The van der Waals surface area contributed by atoms with Crippen LogP contribution in [0.2, 0.25) is 5.02 Å². The lowest BCUT2D eigenvalue weighted by Gasteiger charge is -2.21. The summed E-state index contributed by atoms with van der Waals surface area (Å²) in [7, 11) is 2.07. The molecule has 1 aromatic carbocycles. The van der Waals surface area contributed by atoms with Crippen molar-refractivity contribution in [2.75, 3.05) is 39.0 Å². The first kappa shape index (κ1) is 13.2. The van der Waals surface area contributed by atoms with E-state index in [9.17, 15) is 4.79 Å². The van der Waals surface area contributed by atoms with Crippen molar-refractivity contribution >= 4 is 23.2 Å². The van der Waals surface area contributed by atoms with Gasteiger partial charge in [0.15, 0.2) is 0 Å². The molecule has 0 aliphatic carbocycles. The van der Waals surface area contributed by atoms with Crippen molar-refractivity contribution in [1.82, 2.24) is 9.80 Å². The number of benzene rings is 1. The standard InChI is InChI=1S/C13H18ClN3O/c1-16-5-2-6-17(8-7-16)13(18)11-9-10(14)3-4-12(11)15/h3-4,9H,2,5-8,15H2,1H3. The summed E-state index contributed by atoms with van der Waals surface area (Å²) in [6.45, 7) is 3.43. The number of hydrogen-bond acceptors (Lipinski definition) is 3. The van der Waals surface area contributed by atoms with Gasteiger partial charge in [0.05, 0.1) is 5.56 Å². The lowest BCUT2D eigenvalue weighted by atomic mass is 10.1. The Bertz CT molecular complexity index is 450. The largest absolute Gasteiger partial charge is 0.398 e. The van der Waals surface area contributed by atoms with Gasteiger partial charge in [-0.2, -0.15) is 0 Å². The summed E-state index contributed by atoms with van der Waals surface area (Å²) < 4.78 is 0.